The molecule has 2 fully saturated rings. The van der Waals surface area contributed by atoms with Crippen LogP contribution in [0.15, 0.2) is 35.3 Å². The van der Waals surface area contributed by atoms with E-state index in [9.17, 15) is 0 Å². The number of benzene rings is 1. The molecular weight excluding hydrogens is 240 g/mol. The van der Waals surface area contributed by atoms with Crippen LogP contribution in [0.2, 0.25) is 0 Å². The third kappa shape index (κ3) is 2.89. The highest BCUT2D eigenvalue weighted by atomic mass is 32.2. The van der Waals surface area contributed by atoms with Crippen LogP contribution in [0.5, 0.6) is 0 Å². The van der Waals surface area contributed by atoms with E-state index in [1.54, 1.807) is 0 Å². The quantitative estimate of drug-likeness (QED) is 0.894. The fourth-order valence-electron chi connectivity index (χ4n) is 2.48. The average Bonchev–Trinajstić information content (AvgIpc) is 2.82. The molecule has 0 aromatic heterocycles. The summed E-state index contributed by atoms with van der Waals surface area (Å²) in [5.74, 6) is 2.07. The molecule has 1 unspecified atom stereocenters. The minimum Gasteiger partial charge on any atom is -0.357 e. The minimum atomic E-state index is 0.443. The van der Waals surface area contributed by atoms with Gasteiger partial charge in [-0.3, -0.25) is 4.99 Å². The first-order valence-electron chi connectivity index (χ1n) is 6.90. The molecule has 96 valence electrons. The van der Waals surface area contributed by atoms with Crippen molar-refractivity contribution >= 4 is 16.9 Å². The van der Waals surface area contributed by atoms with Crippen LogP contribution >= 0.6 is 11.8 Å². The predicted molar refractivity (Wildman–Crippen MR) is 79.0 cm³/mol. The van der Waals surface area contributed by atoms with Crippen molar-refractivity contribution < 1.29 is 0 Å². The molecule has 0 amide bonds. The predicted octanol–water partition coefficient (Wildman–Crippen LogP) is 3.61. The maximum Gasteiger partial charge on any atom is 0.157 e. The molecule has 1 atom stereocenters. The topological polar surface area (TPSA) is 24.4 Å². The van der Waals surface area contributed by atoms with Crippen LogP contribution in [0.4, 0.5) is 0 Å². The Hall–Kier alpha value is -0.960. The van der Waals surface area contributed by atoms with Gasteiger partial charge in [0, 0.05) is 12.3 Å². The molecule has 1 aromatic carbocycles. The van der Waals surface area contributed by atoms with Gasteiger partial charge < -0.3 is 5.32 Å². The molecule has 1 N–H and O–H groups in total. The second-order valence-electron chi connectivity index (χ2n) is 5.19. The Labute approximate surface area is 113 Å². The van der Waals surface area contributed by atoms with Crippen molar-refractivity contribution in [3.8, 4) is 0 Å². The molecule has 18 heavy (non-hydrogen) atoms. The maximum atomic E-state index is 4.69. The fraction of sp³-hybridized carbons (Fsp3) is 0.533. The average molecular weight is 260 g/mol. The van der Waals surface area contributed by atoms with Crippen molar-refractivity contribution in [3.05, 3.63) is 35.9 Å². The Kier molecular flexibility index (Phi) is 3.89. The smallest absolute Gasteiger partial charge is 0.157 e. The number of hydrogen-bond donors (Lipinski definition) is 1. The van der Waals surface area contributed by atoms with Crippen molar-refractivity contribution in [1.82, 2.24) is 5.32 Å². The standard InChI is InChI=1S/C15H20N2S/c1-2-7-13(8-3-1)14-11-18-15(17-14)16-10-9-12-5-4-6-12/h1-3,7-8,12,14H,4-6,9-11H2,(H,16,17). The zero-order chi connectivity index (χ0) is 12.2. The molecule has 1 aromatic rings. The largest absolute Gasteiger partial charge is 0.357 e. The van der Waals surface area contributed by atoms with Crippen LogP contribution in [0.25, 0.3) is 0 Å². The zero-order valence-corrected chi connectivity index (χ0v) is 11.5. The molecular formula is C15H20N2S. The summed E-state index contributed by atoms with van der Waals surface area (Å²) in [5, 5.41) is 4.67. The Bertz CT molecular complexity index is 412. The van der Waals surface area contributed by atoms with E-state index in [4.69, 9.17) is 0 Å². The molecule has 2 nitrogen and oxygen atoms in total. The molecule has 1 aliphatic carbocycles. The summed E-state index contributed by atoms with van der Waals surface area (Å²) >= 11 is 1.86. The number of thioether (sulfide) groups is 1. The van der Waals surface area contributed by atoms with Crippen LogP contribution in [-0.2, 0) is 0 Å². The zero-order valence-electron chi connectivity index (χ0n) is 10.6. The third-order valence-electron chi connectivity index (χ3n) is 3.90. The summed E-state index contributed by atoms with van der Waals surface area (Å²) in [7, 11) is 0. The van der Waals surface area contributed by atoms with E-state index in [1.807, 2.05) is 11.8 Å². The fourth-order valence-corrected chi connectivity index (χ4v) is 3.49. The van der Waals surface area contributed by atoms with Gasteiger partial charge in [-0.05, 0) is 17.9 Å². The van der Waals surface area contributed by atoms with Gasteiger partial charge in [-0.1, -0.05) is 61.4 Å². The molecule has 0 spiro atoms. The molecule has 1 saturated carbocycles. The van der Waals surface area contributed by atoms with Gasteiger partial charge in [0.25, 0.3) is 0 Å². The van der Waals surface area contributed by atoms with E-state index in [2.05, 4.69) is 40.6 Å². The lowest BCUT2D eigenvalue weighted by Crippen LogP contribution is -2.20. The number of nitrogens with one attached hydrogen (secondary N) is 1. The monoisotopic (exact) mass is 260 g/mol. The Balaban J connectivity index is 1.50. The van der Waals surface area contributed by atoms with E-state index in [0.29, 0.717) is 6.04 Å². The van der Waals surface area contributed by atoms with Gasteiger partial charge in [0.15, 0.2) is 5.17 Å². The normalized spacial score (nSPS) is 26.0. The lowest BCUT2D eigenvalue weighted by Gasteiger charge is -2.24. The van der Waals surface area contributed by atoms with Gasteiger partial charge in [-0.25, -0.2) is 0 Å². The van der Waals surface area contributed by atoms with Gasteiger partial charge >= 0.3 is 0 Å². The molecule has 3 rings (SSSR count). The van der Waals surface area contributed by atoms with Crippen LogP contribution in [-0.4, -0.2) is 17.5 Å². The van der Waals surface area contributed by atoms with Gasteiger partial charge in [0.05, 0.1) is 6.04 Å². The molecule has 1 aliphatic heterocycles. The molecule has 1 saturated heterocycles. The molecule has 0 radical (unpaired) electrons. The van der Waals surface area contributed by atoms with E-state index in [1.165, 1.54) is 31.2 Å². The van der Waals surface area contributed by atoms with Crippen LogP contribution < -0.4 is 5.32 Å². The van der Waals surface area contributed by atoms with E-state index < -0.39 is 0 Å². The van der Waals surface area contributed by atoms with Gasteiger partial charge in [0.1, 0.15) is 0 Å². The SMILES string of the molecule is c1ccc(C2CSC(=NCCC3CCC3)N2)cc1. The number of nitrogens with zero attached hydrogens (tertiary/aromatic N) is 1. The summed E-state index contributed by atoms with van der Waals surface area (Å²) in [6.07, 6.45) is 5.57. The van der Waals surface area contributed by atoms with Crippen LogP contribution in [0, 0.1) is 5.92 Å². The van der Waals surface area contributed by atoms with Gasteiger partial charge in [-0.15, -0.1) is 0 Å². The first-order valence-corrected chi connectivity index (χ1v) is 7.89. The number of amidine groups is 1. The summed E-state index contributed by atoms with van der Waals surface area (Å²) in [5.41, 5.74) is 1.37. The lowest BCUT2D eigenvalue weighted by atomic mass is 9.83. The van der Waals surface area contributed by atoms with Crippen molar-refractivity contribution in [2.75, 3.05) is 12.3 Å². The Morgan fingerprint density at radius 1 is 1.22 bits per heavy atom. The first-order chi connectivity index (χ1) is 8.92. The third-order valence-corrected chi connectivity index (χ3v) is 4.92. The summed E-state index contributed by atoms with van der Waals surface area (Å²) in [6, 6.07) is 11.1. The van der Waals surface area contributed by atoms with E-state index in [-0.39, 0.29) is 0 Å². The van der Waals surface area contributed by atoms with Crippen molar-refractivity contribution in [2.45, 2.75) is 31.7 Å². The number of rotatable bonds is 4. The summed E-state index contributed by atoms with van der Waals surface area (Å²) in [6.45, 7) is 1.00. The van der Waals surface area contributed by atoms with E-state index in [0.717, 1.165) is 23.4 Å². The van der Waals surface area contributed by atoms with Crippen LogP contribution in [0.3, 0.4) is 0 Å². The molecule has 0 bridgehead atoms. The van der Waals surface area contributed by atoms with Gasteiger partial charge in [0.2, 0.25) is 0 Å². The van der Waals surface area contributed by atoms with Crippen LogP contribution in [0.1, 0.15) is 37.3 Å². The molecule has 3 heteroatoms. The Morgan fingerprint density at radius 2 is 2.06 bits per heavy atom. The van der Waals surface area contributed by atoms with E-state index >= 15 is 0 Å². The summed E-state index contributed by atoms with van der Waals surface area (Å²) < 4.78 is 0. The minimum absolute atomic E-state index is 0.443. The second-order valence-corrected chi connectivity index (χ2v) is 6.20. The van der Waals surface area contributed by atoms with Crippen molar-refractivity contribution in [3.63, 3.8) is 0 Å². The number of hydrogen-bond acceptors (Lipinski definition) is 2. The highest BCUT2D eigenvalue weighted by Gasteiger charge is 2.22. The van der Waals surface area contributed by atoms with Crippen molar-refractivity contribution in [2.24, 2.45) is 10.9 Å². The second kappa shape index (κ2) is 5.79. The van der Waals surface area contributed by atoms with Crippen molar-refractivity contribution in [1.29, 1.82) is 0 Å². The summed E-state index contributed by atoms with van der Waals surface area (Å²) in [4.78, 5) is 4.69. The Morgan fingerprint density at radius 3 is 2.78 bits per heavy atom. The molecule has 1 heterocycles. The maximum absolute atomic E-state index is 4.69. The highest BCUT2D eigenvalue weighted by molar-refractivity contribution is 8.14. The molecule has 2 aliphatic rings. The van der Waals surface area contributed by atoms with Gasteiger partial charge in [-0.2, -0.15) is 0 Å². The number of aliphatic imine (C=N–C) groups is 1. The highest BCUT2D eigenvalue weighted by Crippen LogP contribution is 2.30. The lowest BCUT2D eigenvalue weighted by molar-refractivity contribution is 0.300. The first kappa shape index (κ1) is 12.1.